The summed E-state index contributed by atoms with van der Waals surface area (Å²) in [5, 5.41) is 6.10. The predicted octanol–water partition coefficient (Wildman–Crippen LogP) is 4.45. The SMILES string of the molecule is COc1cccc2c(NCC3CCC(Cl)CC3)nccc12. The lowest BCUT2D eigenvalue weighted by molar-refractivity contribution is 0.378. The molecule has 1 saturated carbocycles. The van der Waals surface area contributed by atoms with Crippen LogP contribution in [0, 0.1) is 5.92 Å². The van der Waals surface area contributed by atoms with Gasteiger partial charge in [-0.2, -0.15) is 0 Å². The van der Waals surface area contributed by atoms with Crippen molar-refractivity contribution < 1.29 is 4.74 Å². The van der Waals surface area contributed by atoms with Gasteiger partial charge in [0.1, 0.15) is 11.6 Å². The van der Waals surface area contributed by atoms with E-state index in [1.54, 1.807) is 7.11 Å². The number of ether oxygens (including phenoxy) is 1. The Kier molecular flexibility index (Phi) is 4.49. The van der Waals surface area contributed by atoms with Crippen molar-refractivity contribution in [3.8, 4) is 5.75 Å². The van der Waals surface area contributed by atoms with Gasteiger partial charge in [0.2, 0.25) is 0 Å². The van der Waals surface area contributed by atoms with Gasteiger partial charge >= 0.3 is 0 Å². The number of aromatic nitrogens is 1. The zero-order valence-electron chi connectivity index (χ0n) is 12.3. The van der Waals surface area contributed by atoms with Gasteiger partial charge < -0.3 is 10.1 Å². The topological polar surface area (TPSA) is 34.1 Å². The fraction of sp³-hybridized carbons (Fsp3) is 0.471. The zero-order chi connectivity index (χ0) is 14.7. The van der Waals surface area contributed by atoms with Crippen LogP contribution in [0.5, 0.6) is 5.75 Å². The van der Waals surface area contributed by atoms with Crippen LogP contribution < -0.4 is 10.1 Å². The Hall–Kier alpha value is -1.48. The highest BCUT2D eigenvalue weighted by Crippen LogP contribution is 2.31. The summed E-state index contributed by atoms with van der Waals surface area (Å²) in [6, 6.07) is 8.07. The lowest BCUT2D eigenvalue weighted by Crippen LogP contribution is -2.21. The van der Waals surface area contributed by atoms with E-state index in [9.17, 15) is 0 Å². The van der Waals surface area contributed by atoms with Gasteiger partial charge in [0.15, 0.2) is 0 Å². The number of hydrogen-bond acceptors (Lipinski definition) is 3. The third-order valence-corrected chi connectivity index (χ3v) is 4.76. The number of benzene rings is 1. The van der Waals surface area contributed by atoms with Crippen molar-refractivity contribution in [3.63, 3.8) is 0 Å². The van der Waals surface area contributed by atoms with Crippen LogP contribution in [0.4, 0.5) is 5.82 Å². The Bertz CT molecular complexity index is 609. The monoisotopic (exact) mass is 304 g/mol. The van der Waals surface area contributed by atoms with E-state index in [1.807, 2.05) is 24.4 Å². The highest BCUT2D eigenvalue weighted by molar-refractivity contribution is 6.20. The molecule has 0 aliphatic heterocycles. The Morgan fingerprint density at radius 1 is 1.19 bits per heavy atom. The molecule has 1 aromatic heterocycles. The van der Waals surface area contributed by atoms with Gasteiger partial charge in [-0.25, -0.2) is 4.98 Å². The molecule has 0 saturated heterocycles. The molecule has 1 heterocycles. The van der Waals surface area contributed by atoms with E-state index in [2.05, 4.69) is 16.4 Å². The van der Waals surface area contributed by atoms with E-state index in [-0.39, 0.29) is 0 Å². The van der Waals surface area contributed by atoms with Gasteiger partial charge in [0.05, 0.1) is 7.11 Å². The number of alkyl halides is 1. The molecule has 1 N–H and O–H groups in total. The molecular weight excluding hydrogens is 284 g/mol. The Labute approximate surface area is 130 Å². The summed E-state index contributed by atoms with van der Waals surface area (Å²) in [6.45, 7) is 0.965. The summed E-state index contributed by atoms with van der Waals surface area (Å²) >= 11 is 6.16. The summed E-state index contributed by atoms with van der Waals surface area (Å²) in [5.74, 6) is 2.53. The van der Waals surface area contributed by atoms with Crippen LogP contribution in [-0.4, -0.2) is 24.0 Å². The van der Waals surface area contributed by atoms with E-state index in [0.717, 1.165) is 41.7 Å². The number of rotatable bonds is 4. The first-order chi connectivity index (χ1) is 10.3. The summed E-state index contributed by atoms with van der Waals surface area (Å²) in [4.78, 5) is 4.49. The summed E-state index contributed by atoms with van der Waals surface area (Å²) < 4.78 is 5.42. The highest BCUT2D eigenvalue weighted by Gasteiger charge is 2.19. The number of nitrogens with zero attached hydrogens (tertiary/aromatic N) is 1. The van der Waals surface area contributed by atoms with E-state index in [1.165, 1.54) is 12.8 Å². The highest BCUT2D eigenvalue weighted by atomic mass is 35.5. The third-order valence-electron chi connectivity index (χ3n) is 4.32. The van der Waals surface area contributed by atoms with E-state index < -0.39 is 0 Å². The average molecular weight is 305 g/mol. The lowest BCUT2D eigenvalue weighted by Gasteiger charge is -2.25. The summed E-state index contributed by atoms with van der Waals surface area (Å²) in [5.41, 5.74) is 0. The minimum absolute atomic E-state index is 0.376. The second-order valence-corrected chi connectivity index (χ2v) is 6.33. The van der Waals surface area contributed by atoms with Crippen LogP contribution in [0.25, 0.3) is 10.8 Å². The molecule has 1 aliphatic carbocycles. The van der Waals surface area contributed by atoms with Gasteiger partial charge in [-0.15, -0.1) is 11.6 Å². The molecule has 3 rings (SSSR count). The molecule has 21 heavy (non-hydrogen) atoms. The first kappa shape index (κ1) is 14.5. The fourth-order valence-corrected chi connectivity index (χ4v) is 3.32. The van der Waals surface area contributed by atoms with Gasteiger partial charge in [0.25, 0.3) is 0 Å². The third kappa shape index (κ3) is 3.24. The van der Waals surface area contributed by atoms with Gasteiger partial charge in [-0.3, -0.25) is 0 Å². The number of pyridine rings is 1. The molecule has 112 valence electrons. The number of hydrogen-bond donors (Lipinski definition) is 1. The lowest BCUT2D eigenvalue weighted by atomic mass is 9.89. The summed E-state index contributed by atoms with van der Waals surface area (Å²) in [7, 11) is 1.70. The van der Waals surface area contributed by atoms with Crippen LogP contribution in [0.1, 0.15) is 25.7 Å². The van der Waals surface area contributed by atoms with Crippen LogP contribution in [0.15, 0.2) is 30.5 Å². The molecule has 1 aromatic carbocycles. The fourth-order valence-electron chi connectivity index (χ4n) is 3.06. The van der Waals surface area contributed by atoms with Crippen LogP contribution in [-0.2, 0) is 0 Å². The quantitative estimate of drug-likeness (QED) is 0.847. The minimum Gasteiger partial charge on any atom is -0.496 e. The maximum absolute atomic E-state index is 6.16. The molecule has 0 atom stereocenters. The summed E-state index contributed by atoms with van der Waals surface area (Å²) in [6.07, 6.45) is 6.50. The molecule has 4 heteroatoms. The average Bonchev–Trinajstić information content (AvgIpc) is 2.53. The molecular formula is C17H21ClN2O. The van der Waals surface area contributed by atoms with Crippen molar-refractivity contribution in [2.24, 2.45) is 5.92 Å². The van der Waals surface area contributed by atoms with Crippen LogP contribution in [0.2, 0.25) is 0 Å². The smallest absolute Gasteiger partial charge is 0.133 e. The standard InChI is InChI=1S/C17H21ClN2O/c1-21-16-4-2-3-15-14(16)9-10-19-17(15)20-11-12-5-7-13(18)8-6-12/h2-4,9-10,12-13H,5-8,11H2,1H3,(H,19,20). The zero-order valence-corrected chi connectivity index (χ0v) is 13.1. The molecule has 3 nitrogen and oxygen atoms in total. The molecule has 0 unspecified atom stereocenters. The maximum atomic E-state index is 6.16. The van der Waals surface area contributed by atoms with Crippen molar-refractivity contribution >= 4 is 28.2 Å². The number of nitrogens with one attached hydrogen (secondary N) is 1. The Morgan fingerprint density at radius 3 is 2.76 bits per heavy atom. The van der Waals surface area contributed by atoms with Gasteiger partial charge in [-0.05, 0) is 43.7 Å². The molecule has 1 fully saturated rings. The second kappa shape index (κ2) is 6.52. The number of halogens is 1. The molecule has 0 bridgehead atoms. The maximum Gasteiger partial charge on any atom is 0.133 e. The van der Waals surface area contributed by atoms with Crippen molar-refractivity contribution in [1.29, 1.82) is 0 Å². The van der Waals surface area contributed by atoms with Crippen molar-refractivity contribution in [2.75, 3.05) is 19.0 Å². The predicted molar refractivity (Wildman–Crippen MR) is 88.4 cm³/mol. The molecule has 1 aliphatic rings. The number of methoxy groups -OCH3 is 1. The number of fused-ring (bicyclic) bond motifs is 1. The van der Waals surface area contributed by atoms with Gasteiger partial charge in [0, 0.05) is 28.9 Å². The number of anilines is 1. The molecule has 0 amide bonds. The van der Waals surface area contributed by atoms with E-state index in [4.69, 9.17) is 16.3 Å². The first-order valence-corrected chi connectivity index (χ1v) is 8.01. The Morgan fingerprint density at radius 2 is 2.00 bits per heavy atom. The largest absolute Gasteiger partial charge is 0.496 e. The normalized spacial score (nSPS) is 22.2. The molecule has 0 radical (unpaired) electrons. The van der Waals surface area contributed by atoms with E-state index in [0.29, 0.717) is 11.3 Å². The van der Waals surface area contributed by atoms with Crippen molar-refractivity contribution in [1.82, 2.24) is 4.98 Å². The van der Waals surface area contributed by atoms with Gasteiger partial charge in [-0.1, -0.05) is 12.1 Å². The van der Waals surface area contributed by atoms with Crippen LogP contribution >= 0.6 is 11.6 Å². The second-order valence-electron chi connectivity index (χ2n) is 5.71. The van der Waals surface area contributed by atoms with E-state index >= 15 is 0 Å². The molecule has 2 aromatic rings. The van der Waals surface area contributed by atoms with Crippen molar-refractivity contribution in [3.05, 3.63) is 30.5 Å². The Balaban J connectivity index is 1.75. The first-order valence-electron chi connectivity index (χ1n) is 7.57. The minimum atomic E-state index is 0.376. The molecule has 0 spiro atoms. The van der Waals surface area contributed by atoms with Crippen LogP contribution in [0.3, 0.4) is 0 Å². The van der Waals surface area contributed by atoms with Crippen molar-refractivity contribution in [2.45, 2.75) is 31.1 Å².